The molecule has 1 aromatic heterocycles. The summed E-state index contributed by atoms with van der Waals surface area (Å²) in [7, 11) is 1.74. The van der Waals surface area contributed by atoms with Crippen molar-refractivity contribution in [1.29, 1.82) is 0 Å². The number of nitrogens with one attached hydrogen (secondary N) is 1. The number of anilines is 1. The van der Waals surface area contributed by atoms with E-state index in [4.69, 9.17) is 0 Å². The fourth-order valence-corrected chi connectivity index (χ4v) is 3.77. The Kier molecular flexibility index (Phi) is 8.29. The van der Waals surface area contributed by atoms with Crippen molar-refractivity contribution in [2.24, 2.45) is 0 Å². The van der Waals surface area contributed by atoms with Crippen LogP contribution in [0.3, 0.4) is 0 Å². The highest BCUT2D eigenvalue weighted by Gasteiger charge is 2.31. The van der Waals surface area contributed by atoms with E-state index in [1.54, 1.807) is 13.1 Å². The molecule has 1 fully saturated rings. The zero-order valence-electron chi connectivity index (χ0n) is 18.5. The third-order valence-corrected chi connectivity index (χ3v) is 5.49. The number of alkyl halides is 3. The van der Waals surface area contributed by atoms with E-state index in [1.807, 2.05) is 12.1 Å². The van der Waals surface area contributed by atoms with Gasteiger partial charge >= 0.3 is 12.5 Å². The lowest BCUT2D eigenvalue weighted by atomic mass is 10.1. The maximum atomic E-state index is 12.4. The maximum absolute atomic E-state index is 12.4. The summed E-state index contributed by atoms with van der Waals surface area (Å²) >= 11 is 0. The van der Waals surface area contributed by atoms with Crippen molar-refractivity contribution >= 4 is 18.2 Å². The number of piperazine rings is 1. The Balaban J connectivity index is 1.63. The number of hydrogen-bond donors (Lipinski definition) is 2. The first-order valence-corrected chi connectivity index (χ1v) is 10.6. The van der Waals surface area contributed by atoms with E-state index < -0.39 is 12.5 Å². The summed E-state index contributed by atoms with van der Waals surface area (Å²) in [6.45, 7) is 2.56. The van der Waals surface area contributed by atoms with E-state index in [9.17, 15) is 27.9 Å². The van der Waals surface area contributed by atoms with Crippen molar-refractivity contribution in [3.05, 3.63) is 42.5 Å². The average Bonchev–Trinajstić information content (AvgIpc) is 2.81. The summed E-state index contributed by atoms with van der Waals surface area (Å²) in [6.07, 6.45) is -5.57. The molecule has 1 aliphatic rings. The molecule has 2 heterocycles. The van der Waals surface area contributed by atoms with Crippen LogP contribution in [-0.4, -0.2) is 91.1 Å². The second-order valence-corrected chi connectivity index (χ2v) is 7.63. The molecule has 0 bridgehead atoms. The Morgan fingerprint density at radius 1 is 1.21 bits per heavy atom. The number of aldehydes is 1. The summed E-state index contributed by atoms with van der Waals surface area (Å²) in [6, 6.07) is 11.0. The molecule has 9 nitrogen and oxygen atoms in total. The van der Waals surface area contributed by atoms with Crippen LogP contribution in [0.4, 0.5) is 23.8 Å². The number of likely N-dealkylation sites (N-methyl/N-ethyl adjacent to an activating group) is 1. The highest BCUT2D eigenvalue weighted by Crippen LogP contribution is 2.27. The molecule has 1 atom stereocenters. The van der Waals surface area contributed by atoms with Gasteiger partial charge in [0.1, 0.15) is 17.9 Å². The van der Waals surface area contributed by atoms with E-state index in [2.05, 4.69) is 24.8 Å². The van der Waals surface area contributed by atoms with E-state index in [0.29, 0.717) is 43.7 Å². The molecule has 0 radical (unpaired) electrons. The van der Waals surface area contributed by atoms with Gasteiger partial charge in [-0.05, 0) is 43.4 Å². The molecule has 184 valence electrons. The smallest absolute Gasteiger partial charge is 0.465 e. The number of benzene rings is 1. The number of carboxylic acid groups (broad SMARTS) is 1. The maximum Gasteiger partial charge on any atom is 0.573 e. The Hall–Kier alpha value is -3.38. The molecule has 1 saturated heterocycles. The van der Waals surface area contributed by atoms with Crippen molar-refractivity contribution in [2.45, 2.75) is 12.5 Å². The summed E-state index contributed by atoms with van der Waals surface area (Å²) in [5, 5.41) is 12.4. The number of ether oxygens (including phenoxy) is 1. The van der Waals surface area contributed by atoms with Gasteiger partial charge in [-0.15, -0.1) is 13.2 Å². The van der Waals surface area contributed by atoms with Gasteiger partial charge in [0, 0.05) is 31.7 Å². The van der Waals surface area contributed by atoms with Crippen molar-refractivity contribution in [2.75, 3.05) is 51.2 Å². The number of hydrogen-bond acceptors (Lipinski definition) is 7. The number of nitrogens with zero attached hydrogens (tertiary/aromatic N) is 4. The first-order valence-electron chi connectivity index (χ1n) is 10.6. The number of pyridine rings is 1. The lowest BCUT2D eigenvalue weighted by Gasteiger charge is -2.40. The molecule has 0 aliphatic carbocycles. The highest BCUT2D eigenvalue weighted by molar-refractivity contribution is 5.69. The van der Waals surface area contributed by atoms with Gasteiger partial charge in [0.25, 0.3) is 0 Å². The van der Waals surface area contributed by atoms with Crippen molar-refractivity contribution in [3.8, 4) is 17.0 Å². The zero-order chi connectivity index (χ0) is 24.7. The minimum Gasteiger partial charge on any atom is -0.465 e. The van der Waals surface area contributed by atoms with Gasteiger partial charge in [-0.1, -0.05) is 6.07 Å². The van der Waals surface area contributed by atoms with Crippen LogP contribution in [-0.2, 0) is 4.79 Å². The summed E-state index contributed by atoms with van der Waals surface area (Å²) in [5.41, 5.74) is 1.28. The molecule has 3 rings (SSSR count). The number of rotatable bonds is 9. The van der Waals surface area contributed by atoms with Crippen LogP contribution in [0.15, 0.2) is 42.5 Å². The number of amides is 1. The quantitative estimate of drug-likeness (QED) is 0.528. The molecular formula is C22H26F3N5O4. The summed E-state index contributed by atoms with van der Waals surface area (Å²) < 4.78 is 41.0. The van der Waals surface area contributed by atoms with Gasteiger partial charge in [-0.3, -0.25) is 9.80 Å². The second-order valence-electron chi connectivity index (χ2n) is 7.63. The van der Waals surface area contributed by atoms with Crippen molar-refractivity contribution in [3.63, 3.8) is 0 Å². The van der Waals surface area contributed by atoms with Crippen molar-refractivity contribution in [1.82, 2.24) is 20.1 Å². The lowest BCUT2D eigenvalue weighted by Crippen LogP contribution is -2.58. The Labute approximate surface area is 194 Å². The zero-order valence-corrected chi connectivity index (χ0v) is 18.5. The van der Waals surface area contributed by atoms with Crippen LogP contribution in [0, 0.1) is 0 Å². The minimum atomic E-state index is -4.74. The first-order chi connectivity index (χ1) is 16.2. The Morgan fingerprint density at radius 2 is 1.88 bits per heavy atom. The molecule has 1 aromatic carbocycles. The third-order valence-electron chi connectivity index (χ3n) is 5.49. The molecule has 1 unspecified atom stereocenters. The van der Waals surface area contributed by atoms with E-state index >= 15 is 0 Å². The van der Waals surface area contributed by atoms with Crippen LogP contribution in [0.1, 0.15) is 0 Å². The molecule has 0 saturated carbocycles. The molecule has 2 N–H and O–H groups in total. The van der Waals surface area contributed by atoms with Crippen molar-refractivity contribution < 1.29 is 32.6 Å². The number of aromatic nitrogens is 1. The van der Waals surface area contributed by atoms with Crippen LogP contribution in [0.25, 0.3) is 11.3 Å². The number of carbonyl (C=O) groups is 2. The van der Waals surface area contributed by atoms with E-state index in [1.165, 1.54) is 24.3 Å². The van der Waals surface area contributed by atoms with E-state index in [0.717, 1.165) is 10.7 Å². The standard InChI is InChI=1S/C22H26F3N5O4/c1-26-20(15-30(13-14-31)21(32)33)29-11-9-28(10-12-29)19-4-2-3-18(27-19)16-5-7-17(8-6-16)34-22(23,24)25/h2-8,14,20,26H,9-13,15H2,1H3,(H,32,33). The summed E-state index contributed by atoms with van der Waals surface area (Å²) in [4.78, 5) is 32.0. The summed E-state index contributed by atoms with van der Waals surface area (Å²) in [5.74, 6) is 0.444. The molecule has 34 heavy (non-hydrogen) atoms. The van der Waals surface area contributed by atoms with Crippen LogP contribution in [0.2, 0.25) is 0 Å². The predicted molar refractivity (Wildman–Crippen MR) is 119 cm³/mol. The largest absolute Gasteiger partial charge is 0.573 e. The normalized spacial score (nSPS) is 15.6. The second kappa shape index (κ2) is 11.2. The highest BCUT2D eigenvalue weighted by atomic mass is 19.4. The number of carbonyl (C=O) groups excluding carboxylic acids is 1. The van der Waals surface area contributed by atoms with Gasteiger partial charge < -0.3 is 24.9 Å². The van der Waals surface area contributed by atoms with Crippen LogP contribution in [0.5, 0.6) is 5.75 Å². The van der Waals surface area contributed by atoms with Gasteiger partial charge in [0.15, 0.2) is 0 Å². The van der Waals surface area contributed by atoms with Gasteiger partial charge in [-0.2, -0.15) is 0 Å². The van der Waals surface area contributed by atoms with Crippen LogP contribution >= 0.6 is 0 Å². The fraction of sp³-hybridized carbons (Fsp3) is 0.409. The lowest BCUT2D eigenvalue weighted by molar-refractivity contribution is -0.274. The fourth-order valence-electron chi connectivity index (χ4n) is 3.77. The average molecular weight is 481 g/mol. The topological polar surface area (TPSA) is 98.2 Å². The SMILES string of the molecule is CNC(CN(CC=O)C(=O)O)N1CCN(c2cccc(-c3ccc(OC(F)(F)F)cc3)n2)CC1. The Morgan fingerprint density at radius 3 is 2.44 bits per heavy atom. The molecule has 0 spiro atoms. The van der Waals surface area contributed by atoms with Crippen LogP contribution < -0.4 is 15.0 Å². The van der Waals surface area contributed by atoms with Gasteiger partial charge in [0.2, 0.25) is 0 Å². The first kappa shape index (κ1) is 25.2. The van der Waals surface area contributed by atoms with Gasteiger partial charge in [-0.25, -0.2) is 9.78 Å². The monoisotopic (exact) mass is 481 g/mol. The predicted octanol–water partition coefficient (Wildman–Crippen LogP) is 2.49. The molecule has 2 aromatic rings. The molecule has 1 aliphatic heterocycles. The number of halogens is 3. The third kappa shape index (κ3) is 6.81. The van der Waals surface area contributed by atoms with Gasteiger partial charge in [0.05, 0.1) is 24.9 Å². The van der Waals surface area contributed by atoms with E-state index in [-0.39, 0.29) is 25.0 Å². The molecule has 1 amide bonds. The Bertz CT molecular complexity index is 966. The molecule has 12 heteroatoms. The molecular weight excluding hydrogens is 455 g/mol. The minimum absolute atomic E-state index is 0.159.